The zero-order valence-electron chi connectivity index (χ0n) is 9.70. The molecule has 0 amide bonds. The first-order valence-electron chi connectivity index (χ1n) is 5.70. The van der Waals surface area contributed by atoms with Crippen molar-refractivity contribution in [3.8, 4) is 5.75 Å². The summed E-state index contributed by atoms with van der Waals surface area (Å²) in [4.78, 5) is 0. The van der Waals surface area contributed by atoms with Crippen LogP contribution in [0.3, 0.4) is 0 Å². The predicted molar refractivity (Wildman–Crippen MR) is 60.3 cm³/mol. The third kappa shape index (κ3) is 2.53. The lowest BCUT2D eigenvalue weighted by atomic mass is 10.0. The predicted octanol–water partition coefficient (Wildman–Crippen LogP) is 3.12. The summed E-state index contributed by atoms with van der Waals surface area (Å²) in [6.07, 6.45) is 0.838. The Hall–Kier alpha value is -1.09. The van der Waals surface area contributed by atoms with Gasteiger partial charge in [0.25, 0.3) is 0 Å². The molecular weight excluding hydrogens is 207 g/mol. The summed E-state index contributed by atoms with van der Waals surface area (Å²) < 4.78 is 24.4. The third-order valence-corrected chi connectivity index (χ3v) is 2.80. The highest BCUT2D eigenvalue weighted by Crippen LogP contribution is 2.24. The molecule has 0 saturated carbocycles. The van der Waals surface area contributed by atoms with Crippen LogP contribution in [0.5, 0.6) is 5.75 Å². The summed E-state index contributed by atoms with van der Waals surface area (Å²) in [5.74, 6) is 0.386. The Labute approximate surface area is 95.4 Å². The number of hydrogen-bond donors (Lipinski definition) is 0. The molecule has 1 fully saturated rings. The monoisotopic (exact) mass is 224 g/mol. The minimum absolute atomic E-state index is 0.000556. The van der Waals surface area contributed by atoms with E-state index >= 15 is 0 Å². The first-order valence-corrected chi connectivity index (χ1v) is 5.70. The van der Waals surface area contributed by atoms with Gasteiger partial charge in [-0.2, -0.15) is 0 Å². The van der Waals surface area contributed by atoms with E-state index in [2.05, 4.69) is 0 Å². The summed E-state index contributed by atoms with van der Waals surface area (Å²) in [5.41, 5.74) is 0.993. The van der Waals surface area contributed by atoms with Crippen LogP contribution in [0, 0.1) is 5.82 Å². The molecule has 1 atom stereocenters. The molecule has 1 aliphatic rings. The molecule has 3 heteroatoms. The molecule has 2 nitrogen and oxygen atoms in total. The lowest BCUT2D eigenvalue weighted by Crippen LogP contribution is -2.16. The van der Waals surface area contributed by atoms with Gasteiger partial charge in [0, 0.05) is 6.42 Å². The van der Waals surface area contributed by atoms with Gasteiger partial charge < -0.3 is 9.47 Å². The van der Waals surface area contributed by atoms with E-state index in [0.717, 1.165) is 12.0 Å². The standard InChI is InChI=1S/C13H17FO2/c1-9(2)10-3-4-13(12(14)7-10)16-11-5-6-15-8-11/h3-4,7,9,11H,5-6,8H2,1-2H3/t11-/m0/s1. The molecule has 1 saturated heterocycles. The van der Waals surface area contributed by atoms with Crippen molar-refractivity contribution in [3.05, 3.63) is 29.6 Å². The van der Waals surface area contributed by atoms with Crippen molar-refractivity contribution in [2.24, 2.45) is 0 Å². The normalized spacial score (nSPS) is 20.4. The van der Waals surface area contributed by atoms with Gasteiger partial charge in [0.1, 0.15) is 6.10 Å². The average molecular weight is 224 g/mol. The summed E-state index contributed by atoms with van der Waals surface area (Å²) in [6.45, 7) is 5.35. The highest BCUT2D eigenvalue weighted by Gasteiger charge is 2.19. The second-order valence-electron chi connectivity index (χ2n) is 4.45. The van der Waals surface area contributed by atoms with Crippen molar-refractivity contribution in [1.82, 2.24) is 0 Å². The van der Waals surface area contributed by atoms with Crippen molar-refractivity contribution >= 4 is 0 Å². The van der Waals surface area contributed by atoms with E-state index in [9.17, 15) is 4.39 Å². The summed E-state index contributed by atoms with van der Waals surface area (Å²) in [5, 5.41) is 0. The maximum Gasteiger partial charge on any atom is 0.165 e. The van der Waals surface area contributed by atoms with Crippen LogP contribution in [0.15, 0.2) is 18.2 Å². The van der Waals surface area contributed by atoms with Gasteiger partial charge >= 0.3 is 0 Å². The summed E-state index contributed by atoms with van der Waals surface area (Å²) in [6, 6.07) is 5.18. The molecule has 0 bridgehead atoms. The van der Waals surface area contributed by atoms with E-state index < -0.39 is 0 Å². The highest BCUT2D eigenvalue weighted by molar-refractivity contribution is 5.31. The van der Waals surface area contributed by atoms with Crippen molar-refractivity contribution in [2.75, 3.05) is 13.2 Å². The van der Waals surface area contributed by atoms with Crippen LogP contribution in [-0.4, -0.2) is 19.3 Å². The van der Waals surface area contributed by atoms with Crippen LogP contribution < -0.4 is 4.74 Å². The van der Waals surface area contributed by atoms with E-state index in [0.29, 0.717) is 24.9 Å². The molecule has 0 spiro atoms. The van der Waals surface area contributed by atoms with E-state index in [1.165, 1.54) is 0 Å². The minimum Gasteiger partial charge on any atom is -0.485 e. The third-order valence-electron chi connectivity index (χ3n) is 2.80. The molecule has 16 heavy (non-hydrogen) atoms. The number of ether oxygens (including phenoxy) is 2. The van der Waals surface area contributed by atoms with Gasteiger partial charge in [-0.15, -0.1) is 0 Å². The second-order valence-corrected chi connectivity index (χ2v) is 4.45. The van der Waals surface area contributed by atoms with Crippen molar-refractivity contribution in [3.63, 3.8) is 0 Å². The summed E-state index contributed by atoms with van der Waals surface area (Å²) >= 11 is 0. The highest BCUT2D eigenvalue weighted by atomic mass is 19.1. The molecule has 0 N–H and O–H groups in total. The molecule has 0 unspecified atom stereocenters. The average Bonchev–Trinajstić information content (AvgIpc) is 2.73. The zero-order chi connectivity index (χ0) is 11.5. The first kappa shape index (κ1) is 11.4. The van der Waals surface area contributed by atoms with Crippen molar-refractivity contribution in [2.45, 2.75) is 32.3 Å². The largest absolute Gasteiger partial charge is 0.485 e. The van der Waals surface area contributed by atoms with E-state index in [1.54, 1.807) is 12.1 Å². The lowest BCUT2D eigenvalue weighted by molar-refractivity contribution is 0.138. The Morgan fingerprint density at radius 3 is 2.81 bits per heavy atom. The van der Waals surface area contributed by atoms with Gasteiger partial charge in [-0.05, 0) is 23.6 Å². The number of rotatable bonds is 3. The van der Waals surface area contributed by atoms with Crippen LogP contribution in [0.4, 0.5) is 4.39 Å². The van der Waals surface area contributed by atoms with Gasteiger partial charge in [-0.1, -0.05) is 19.9 Å². The smallest absolute Gasteiger partial charge is 0.165 e. The summed E-state index contributed by atoms with van der Waals surface area (Å²) in [7, 11) is 0. The fourth-order valence-electron chi connectivity index (χ4n) is 1.76. The van der Waals surface area contributed by atoms with Crippen LogP contribution >= 0.6 is 0 Å². The molecule has 88 valence electrons. The molecule has 1 heterocycles. The topological polar surface area (TPSA) is 18.5 Å². The van der Waals surface area contributed by atoms with Crippen LogP contribution in [0.25, 0.3) is 0 Å². The Morgan fingerprint density at radius 2 is 2.25 bits per heavy atom. The first-order chi connectivity index (χ1) is 7.66. The molecule has 1 aromatic rings. The van der Waals surface area contributed by atoms with Gasteiger partial charge in [-0.25, -0.2) is 4.39 Å². The fourth-order valence-corrected chi connectivity index (χ4v) is 1.76. The molecular formula is C13H17FO2. The fraction of sp³-hybridized carbons (Fsp3) is 0.538. The quantitative estimate of drug-likeness (QED) is 0.785. The maximum atomic E-state index is 13.7. The van der Waals surface area contributed by atoms with Gasteiger partial charge in [-0.3, -0.25) is 0 Å². The Morgan fingerprint density at radius 1 is 1.44 bits per heavy atom. The molecule has 2 rings (SSSR count). The Balaban J connectivity index is 2.09. The molecule has 1 aliphatic heterocycles. The van der Waals surface area contributed by atoms with Crippen LogP contribution in [-0.2, 0) is 4.74 Å². The Kier molecular flexibility index (Phi) is 3.44. The Bertz CT molecular complexity index is 357. The van der Waals surface area contributed by atoms with Crippen molar-refractivity contribution < 1.29 is 13.9 Å². The number of hydrogen-bond acceptors (Lipinski definition) is 2. The number of benzene rings is 1. The van der Waals surface area contributed by atoms with Crippen molar-refractivity contribution in [1.29, 1.82) is 0 Å². The molecule has 1 aromatic carbocycles. The second kappa shape index (κ2) is 4.83. The zero-order valence-corrected chi connectivity index (χ0v) is 9.70. The van der Waals surface area contributed by atoms with Gasteiger partial charge in [0.05, 0.1) is 13.2 Å². The van der Waals surface area contributed by atoms with E-state index in [-0.39, 0.29) is 11.9 Å². The van der Waals surface area contributed by atoms with Crippen LogP contribution in [0.1, 0.15) is 31.7 Å². The van der Waals surface area contributed by atoms with E-state index in [4.69, 9.17) is 9.47 Å². The van der Waals surface area contributed by atoms with Gasteiger partial charge in [0.15, 0.2) is 11.6 Å². The number of halogens is 1. The van der Waals surface area contributed by atoms with E-state index in [1.807, 2.05) is 19.9 Å². The SMILES string of the molecule is CC(C)c1ccc(O[C@H]2CCOC2)c(F)c1. The molecule has 0 radical (unpaired) electrons. The lowest BCUT2D eigenvalue weighted by Gasteiger charge is -2.14. The maximum absolute atomic E-state index is 13.7. The van der Waals surface area contributed by atoms with Gasteiger partial charge in [0.2, 0.25) is 0 Å². The molecule has 0 aliphatic carbocycles. The minimum atomic E-state index is -0.280. The van der Waals surface area contributed by atoms with Crippen LogP contribution in [0.2, 0.25) is 0 Å². The molecule has 0 aromatic heterocycles.